The van der Waals surface area contributed by atoms with Gasteiger partial charge in [-0.15, -0.1) is 0 Å². The van der Waals surface area contributed by atoms with Gasteiger partial charge in [0.25, 0.3) is 0 Å². The van der Waals surface area contributed by atoms with Crippen LogP contribution in [-0.2, 0) is 6.54 Å². The average Bonchev–Trinajstić information content (AvgIpc) is 2.94. The van der Waals surface area contributed by atoms with Crippen molar-refractivity contribution in [1.82, 2.24) is 10.1 Å². The zero-order valence-electron chi connectivity index (χ0n) is 10.8. The summed E-state index contributed by atoms with van der Waals surface area (Å²) in [5.74, 6) is 1.57. The largest absolute Gasteiger partial charge is 0.496 e. The van der Waals surface area contributed by atoms with Crippen LogP contribution in [0.25, 0.3) is 22.2 Å². The van der Waals surface area contributed by atoms with Crippen LogP contribution in [0.5, 0.6) is 5.75 Å². The number of ether oxygens (including phenoxy) is 1. The summed E-state index contributed by atoms with van der Waals surface area (Å²) in [5, 5.41) is 6.08. The van der Waals surface area contributed by atoms with Gasteiger partial charge in [0.15, 0.2) is 0 Å². The highest BCUT2D eigenvalue weighted by Crippen LogP contribution is 2.33. The van der Waals surface area contributed by atoms with E-state index in [1.165, 1.54) is 0 Å². The van der Waals surface area contributed by atoms with Crippen LogP contribution < -0.4 is 10.5 Å². The highest BCUT2D eigenvalue weighted by molar-refractivity contribution is 9.10. The van der Waals surface area contributed by atoms with E-state index in [1.807, 2.05) is 30.3 Å². The molecule has 6 heteroatoms. The van der Waals surface area contributed by atoms with E-state index in [4.69, 9.17) is 15.0 Å². The van der Waals surface area contributed by atoms with Gasteiger partial charge in [-0.25, -0.2) is 0 Å². The van der Waals surface area contributed by atoms with Gasteiger partial charge in [0.2, 0.25) is 11.7 Å². The highest BCUT2D eigenvalue weighted by atomic mass is 79.9. The second-order valence-corrected chi connectivity index (χ2v) is 5.18. The first-order valence-electron chi connectivity index (χ1n) is 6.01. The molecule has 0 atom stereocenters. The highest BCUT2D eigenvalue weighted by Gasteiger charge is 2.14. The Morgan fingerprint density at radius 3 is 2.80 bits per heavy atom. The first-order valence-corrected chi connectivity index (χ1v) is 6.81. The number of fused-ring (bicyclic) bond motifs is 1. The van der Waals surface area contributed by atoms with E-state index >= 15 is 0 Å². The molecular formula is C14H12BrN3O2. The Bertz CT molecular complexity index is 770. The molecule has 0 unspecified atom stereocenters. The number of methoxy groups -OCH3 is 1. The molecule has 0 fully saturated rings. The molecule has 0 aliphatic rings. The maximum Gasteiger partial charge on any atom is 0.240 e. The summed E-state index contributed by atoms with van der Waals surface area (Å²) in [6.45, 7) is 0.217. The van der Waals surface area contributed by atoms with Crippen molar-refractivity contribution >= 4 is 26.7 Å². The van der Waals surface area contributed by atoms with Gasteiger partial charge < -0.3 is 15.0 Å². The standard InChI is InChI=1S/C14H12BrN3O2/c1-19-12-6-8-2-3-10(15)4-9(8)5-11(12)14-17-13(7-16)20-18-14/h2-6H,7,16H2,1H3. The van der Waals surface area contributed by atoms with Crippen molar-refractivity contribution in [2.75, 3.05) is 7.11 Å². The molecule has 0 amide bonds. The fourth-order valence-electron chi connectivity index (χ4n) is 2.04. The van der Waals surface area contributed by atoms with E-state index in [1.54, 1.807) is 7.11 Å². The molecule has 2 N–H and O–H groups in total. The van der Waals surface area contributed by atoms with Crippen LogP contribution in [0, 0.1) is 0 Å². The Hall–Kier alpha value is -1.92. The average molecular weight is 334 g/mol. The first kappa shape index (κ1) is 13.1. The lowest BCUT2D eigenvalue weighted by Crippen LogP contribution is -1.96. The lowest BCUT2D eigenvalue weighted by atomic mass is 10.1. The summed E-state index contributed by atoms with van der Waals surface area (Å²) in [6, 6.07) is 9.97. The Kier molecular flexibility index (Phi) is 3.42. The predicted octanol–water partition coefficient (Wildman–Crippen LogP) is 3.12. The first-order chi connectivity index (χ1) is 9.71. The molecule has 1 heterocycles. The molecule has 0 radical (unpaired) electrons. The number of benzene rings is 2. The van der Waals surface area contributed by atoms with Crippen LogP contribution >= 0.6 is 15.9 Å². The van der Waals surface area contributed by atoms with Crippen molar-refractivity contribution in [1.29, 1.82) is 0 Å². The van der Waals surface area contributed by atoms with Crippen LogP contribution in [0.4, 0.5) is 0 Å². The number of nitrogens with two attached hydrogens (primary N) is 1. The van der Waals surface area contributed by atoms with Gasteiger partial charge in [0, 0.05) is 4.47 Å². The fraction of sp³-hybridized carbons (Fsp3) is 0.143. The van der Waals surface area contributed by atoms with Crippen molar-refractivity contribution in [3.8, 4) is 17.1 Å². The van der Waals surface area contributed by atoms with E-state index in [0.29, 0.717) is 17.5 Å². The van der Waals surface area contributed by atoms with Gasteiger partial charge in [0.05, 0.1) is 19.2 Å². The molecule has 0 aliphatic heterocycles. The van der Waals surface area contributed by atoms with E-state index < -0.39 is 0 Å². The van der Waals surface area contributed by atoms with Gasteiger partial charge in [0.1, 0.15) is 5.75 Å². The lowest BCUT2D eigenvalue weighted by Gasteiger charge is -2.08. The molecule has 0 bridgehead atoms. The van der Waals surface area contributed by atoms with Crippen LogP contribution in [0.3, 0.4) is 0 Å². The van der Waals surface area contributed by atoms with Crippen molar-refractivity contribution in [3.05, 3.63) is 40.7 Å². The van der Waals surface area contributed by atoms with Gasteiger partial charge in [-0.2, -0.15) is 4.98 Å². The molecule has 0 spiro atoms. The van der Waals surface area contributed by atoms with Crippen molar-refractivity contribution in [2.24, 2.45) is 5.73 Å². The van der Waals surface area contributed by atoms with Crippen LogP contribution in [0.2, 0.25) is 0 Å². The monoisotopic (exact) mass is 333 g/mol. The molecule has 0 saturated carbocycles. The normalized spacial score (nSPS) is 10.9. The number of hydrogen-bond acceptors (Lipinski definition) is 5. The number of nitrogens with zero attached hydrogens (tertiary/aromatic N) is 2. The number of aromatic nitrogens is 2. The molecule has 102 valence electrons. The smallest absolute Gasteiger partial charge is 0.240 e. The fourth-order valence-corrected chi connectivity index (χ4v) is 2.42. The second kappa shape index (κ2) is 5.22. The molecule has 3 rings (SSSR count). The lowest BCUT2D eigenvalue weighted by molar-refractivity contribution is 0.380. The van der Waals surface area contributed by atoms with Crippen LogP contribution in [0.1, 0.15) is 5.89 Å². The van der Waals surface area contributed by atoms with Crippen molar-refractivity contribution in [2.45, 2.75) is 6.54 Å². The number of rotatable bonds is 3. The summed E-state index contributed by atoms with van der Waals surface area (Å²) < 4.78 is 11.5. The van der Waals surface area contributed by atoms with Gasteiger partial charge in [-0.3, -0.25) is 0 Å². The Morgan fingerprint density at radius 1 is 1.25 bits per heavy atom. The van der Waals surface area contributed by atoms with Crippen molar-refractivity contribution < 1.29 is 9.26 Å². The molecule has 5 nitrogen and oxygen atoms in total. The molecule has 2 aromatic carbocycles. The molecule has 0 saturated heterocycles. The minimum absolute atomic E-state index is 0.217. The summed E-state index contributed by atoms with van der Waals surface area (Å²) in [7, 11) is 1.62. The molecule has 3 aromatic rings. The molecule has 1 aromatic heterocycles. The Labute approximate surface area is 123 Å². The van der Waals surface area contributed by atoms with Gasteiger partial charge >= 0.3 is 0 Å². The third-order valence-electron chi connectivity index (χ3n) is 3.00. The Morgan fingerprint density at radius 2 is 2.10 bits per heavy atom. The maximum absolute atomic E-state index is 5.49. The molecular weight excluding hydrogens is 322 g/mol. The SMILES string of the molecule is COc1cc2ccc(Br)cc2cc1-c1noc(CN)n1. The van der Waals surface area contributed by atoms with Crippen LogP contribution in [0.15, 0.2) is 39.3 Å². The van der Waals surface area contributed by atoms with Gasteiger partial charge in [-0.05, 0) is 35.0 Å². The third kappa shape index (κ3) is 2.28. The van der Waals surface area contributed by atoms with E-state index in [9.17, 15) is 0 Å². The number of hydrogen-bond donors (Lipinski definition) is 1. The second-order valence-electron chi connectivity index (χ2n) is 4.26. The summed E-state index contributed by atoms with van der Waals surface area (Å²) in [6.07, 6.45) is 0. The summed E-state index contributed by atoms with van der Waals surface area (Å²) in [5.41, 5.74) is 6.27. The zero-order chi connectivity index (χ0) is 14.1. The Balaban J connectivity index is 2.21. The van der Waals surface area contributed by atoms with E-state index in [2.05, 4.69) is 26.1 Å². The van der Waals surface area contributed by atoms with Gasteiger partial charge in [-0.1, -0.05) is 27.2 Å². The zero-order valence-corrected chi connectivity index (χ0v) is 12.3. The predicted molar refractivity (Wildman–Crippen MR) is 79.4 cm³/mol. The summed E-state index contributed by atoms with van der Waals surface area (Å²) in [4.78, 5) is 4.24. The van der Waals surface area contributed by atoms with Crippen LogP contribution in [-0.4, -0.2) is 17.3 Å². The third-order valence-corrected chi connectivity index (χ3v) is 3.50. The summed E-state index contributed by atoms with van der Waals surface area (Å²) >= 11 is 3.47. The molecule has 0 aliphatic carbocycles. The minimum atomic E-state index is 0.217. The number of halogens is 1. The minimum Gasteiger partial charge on any atom is -0.496 e. The van der Waals surface area contributed by atoms with E-state index in [0.717, 1.165) is 20.8 Å². The van der Waals surface area contributed by atoms with E-state index in [-0.39, 0.29) is 6.54 Å². The molecule has 20 heavy (non-hydrogen) atoms. The quantitative estimate of drug-likeness (QED) is 0.797. The topological polar surface area (TPSA) is 74.2 Å². The van der Waals surface area contributed by atoms with Crippen molar-refractivity contribution in [3.63, 3.8) is 0 Å². The maximum atomic E-state index is 5.49.